The molecule has 5 rings (SSSR count). The molecule has 2 aromatic heterocycles. The maximum absolute atomic E-state index is 12.0. The second-order valence-corrected chi connectivity index (χ2v) is 8.62. The number of anilines is 1. The first-order valence-electron chi connectivity index (χ1n) is 9.03. The fourth-order valence-corrected chi connectivity index (χ4v) is 4.58. The number of fused-ring (bicyclic) bond motifs is 2. The molecule has 150 valence electrons. The van der Waals surface area contributed by atoms with Crippen LogP contribution < -0.4 is 20.1 Å². The van der Waals surface area contributed by atoms with Crippen molar-refractivity contribution in [3.05, 3.63) is 36.3 Å². The first-order chi connectivity index (χ1) is 13.9. The average Bonchev–Trinajstić information content (AvgIpc) is 3.41. The first kappa shape index (κ1) is 17.9. The van der Waals surface area contributed by atoms with E-state index in [1.54, 1.807) is 18.5 Å². The normalized spacial score (nSPS) is 18.6. The number of ether oxygens (including phenoxy) is 1. The molecule has 0 saturated carbocycles. The lowest BCUT2D eigenvalue weighted by atomic mass is 10.1. The van der Waals surface area contributed by atoms with Crippen LogP contribution in [0, 0.1) is 5.92 Å². The third kappa shape index (κ3) is 2.98. The fourth-order valence-electron chi connectivity index (χ4n) is 3.86. The number of hydrogen-bond donors (Lipinski definition) is 3. The molecule has 0 aliphatic carbocycles. The molecule has 4 N–H and O–H groups in total. The zero-order valence-corrected chi connectivity index (χ0v) is 16.4. The van der Waals surface area contributed by atoms with Gasteiger partial charge in [0.05, 0.1) is 13.4 Å². The predicted octanol–water partition coefficient (Wildman–Crippen LogP) is 0.599. The van der Waals surface area contributed by atoms with Gasteiger partial charge in [0.15, 0.2) is 5.65 Å². The van der Waals surface area contributed by atoms with Crippen molar-refractivity contribution in [1.29, 1.82) is 0 Å². The highest BCUT2D eigenvalue weighted by Gasteiger charge is 2.32. The molecule has 2 aliphatic rings. The van der Waals surface area contributed by atoms with E-state index in [1.165, 1.54) is 18.7 Å². The quantitative estimate of drug-likeness (QED) is 0.565. The lowest BCUT2D eigenvalue weighted by molar-refractivity contribution is 0.403. The van der Waals surface area contributed by atoms with E-state index < -0.39 is 10.0 Å². The van der Waals surface area contributed by atoms with Crippen LogP contribution in [-0.4, -0.2) is 55.1 Å². The molecular weight excluding hydrogens is 394 g/mol. The average molecular weight is 413 g/mol. The van der Waals surface area contributed by atoms with Gasteiger partial charge >= 0.3 is 0 Å². The van der Waals surface area contributed by atoms with Crippen LogP contribution in [0.5, 0.6) is 5.75 Å². The van der Waals surface area contributed by atoms with Gasteiger partial charge in [0.1, 0.15) is 21.9 Å². The zero-order valence-electron chi connectivity index (χ0n) is 15.6. The molecule has 1 fully saturated rings. The predicted molar refractivity (Wildman–Crippen MR) is 107 cm³/mol. The van der Waals surface area contributed by atoms with Crippen LogP contribution in [-0.2, 0) is 10.0 Å². The van der Waals surface area contributed by atoms with Crippen LogP contribution >= 0.6 is 0 Å². The van der Waals surface area contributed by atoms with Crippen LogP contribution in [0.3, 0.4) is 0 Å². The van der Waals surface area contributed by atoms with E-state index in [1.807, 2.05) is 0 Å². The summed E-state index contributed by atoms with van der Waals surface area (Å²) in [6.45, 7) is 2.48. The molecule has 1 unspecified atom stereocenters. The van der Waals surface area contributed by atoms with Crippen molar-refractivity contribution >= 4 is 27.1 Å². The molecule has 0 spiro atoms. The molecule has 10 nitrogen and oxygen atoms in total. The van der Waals surface area contributed by atoms with Crippen LogP contribution in [0.2, 0.25) is 0 Å². The van der Waals surface area contributed by atoms with E-state index in [9.17, 15) is 8.42 Å². The number of nitrogens with two attached hydrogens (primary N) is 1. The van der Waals surface area contributed by atoms with Crippen LogP contribution in [0.15, 0.2) is 41.2 Å². The molecule has 0 bridgehead atoms. The summed E-state index contributed by atoms with van der Waals surface area (Å²) in [5.41, 5.74) is 3.60. The molecule has 29 heavy (non-hydrogen) atoms. The Morgan fingerprint density at radius 1 is 1.31 bits per heavy atom. The Morgan fingerprint density at radius 2 is 2.17 bits per heavy atom. The van der Waals surface area contributed by atoms with Crippen molar-refractivity contribution in [1.82, 2.24) is 25.3 Å². The molecule has 1 aromatic carbocycles. The monoisotopic (exact) mass is 413 g/mol. The fraction of sp³-hybridized carbons (Fsp3) is 0.278. The third-order valence-electron chi connectivity index (χ3n) is 5.29. The van der Waals surface area contributed by atoms with Gasteiger partial charge in [-0.05, 0) is 30.0 Å². The second-order valence-electron chi connectivity index (χ2n) is 7.09. The van der Waals surface area contributed by atoms with Crippen molar-refractivity contribution < 1.29 is 13.2 Å². The Hall–Kier alpha value is -3.18. The number of imidazole rings is 1. The van der Waals surface area contributed by atoms with E-state index in [2.05, 4.69) is 31.4 Å². The number of nitrogens with one attached hydrogen (secondary N) is 2. The lowest BCUT2D eigenvalue weighted by Gasteiger charge is -2.17. The topological polar surface area (TPSA) is 139 Å². The molecular formula is C18H19N7O3S. The number of H-pyrrole nitrogens is 1. The van der Waals surface area contributed by atoms with Crippen LogP contribution in [0.4, 0.5) is 5.95 Å². The Morgan fingerprint density at radius 3 is 2.93 bits per heavy atom. The lowest BCUT2D eigenvalue weighted by Crippen LogP contribution is -2.25. The highest BCUT2D eigenvalue weighted by Crippen LogP contribution is 2.34. The van der Waals surface area contributed by atoms with Gasteiger partial charge in [0.2, 0.25) is 16.0 Å². The van der Waals surface area contributed by atoms with Gasteiger partial charge in [0.25, 0.3) is 0 Å². The van der Waals surface area contributed by atoms with Gasteiger partial charge < -0.3 is 19.9 Å². The molecule has 1 saturated heterocycles. The molecule has 0 amide bonds. The van der Waals surface area contributed by atoms with Gasteiger partial charge in [-0.3, -0.25) is 0 Å². The van der Waals surface area contributed by atoms with Crippen molar-refractivity contribution in [2.24, 2.45) is 11.1 Å². The number of aromatic nitrogens is 4. The van der Waals surface area contributed by atoms with Gasteiger partial charge in [-0.15, -0.1) is 0 Å². The largest absolute Gasteiger partial charge is 0.495 e. The zero-order chi connectivity index (χ0) is 20.2. The summed E-state index contributed by atoms with van der Waals surface area (Å²) < 4.78 is 29.2. The summed E-state index contributed by atoms with van der Waals surface area (Å²) >= 11 is 0. The summed E-state index contributed by atoms with van der Waals surface area (Å²) in [4.78, 5) is 18.7. The number of aromatic amines is 1. The first-order valence-corrected chi connectivity index (χ1v) is 10.6. The number of rotatable bonds is 4. The SMILES string of the molecule is COc1ccc(-c2nc(N3CC4=CNCC4C3)nc3nc[nH]c23)cc1S(N)(=O)=O. The van der Waals surface area contributed by atoms with Gasteiger partial charge in [-0.1, -0.05) is 0 Å². The summed E-state index contributed by atoms with van der Waals surface area (Å²) in [5, 5.41) is 8.64. The van der Waals surface area contributed by atoms with Crippen molar-refractivity contribution in [3.8, 4) is 17.0 Å². The molecule has 2 aliphatic heterocycles. The van der Waals surface area contributed by atoms with E-state index >= 15 is 0 Å². The van der Waals surface area contributed by atoms with E-state index in [-0.39, 0.29) is 10.6 Å². The Labute approximate surface area is 166 Å². The summed E-state index contributed by atoms with van der Waals surface area (Å²) in [7, 11) is -2.57. The molecule has 11 heteroatoms. The van der Waals surface area contributed by atoms with Crippen molar-refractivity contribution in [2.45, 2.75) is 4.90 Å². The Kier molecular flexibility index (Phi) is 3.96. The van der Waals surface area contributed by atoms with Gasteiger partial charge in [-0.2, -0.15) is 4.98 Å². The van der Waals surface area contributed by atoms with E-state index in [4.69, 9.17) is 14.9 Å². The number of nitrogens with zero attached hydrogens (tertiary/aromatic N) is 4. The second kappa shape index (κ2) is 6.42. The summed E-state index contributed by atoms with van der Waals surface area (Å²) in [5.74, 6) is 1.19. The molecule has 3 aromatic rings. The van der Waals surface area contributed by atoms with Crippen LogP contribution in [0.25, 0.3) is 22.4 Å². The third-order valence-corrected chi connectivity index (χ3v) is 6.22. The number of primary sulfonamides is 1. The Balaban J connectivity index is 1.65. The maximum atomic E-state index is 12.0. The van der Waals surface area contributed by atoms with E-state index in [0.29, 0.717) is 34.3 Å². The smallest absolute Gasteiger partial charge is 0.241 e. The Bertz CT molecular complexity index is 1250. The van der Waals surface area contributed by atoms with Gasteiger partial charge in [0, 0.05) is 31.1 Å². The van der Waals surface area contributed by atoms with Crippen LogP contribution in [0.1, 0.15) is 0 Å². The minimum Gasteiger partial charge on any atom is -0.495 e. The number of benzene rings is 1. The molecule has 0 radical (unpaired) electrons. The van der Waals surface area contributed by atoms with E-state index in [0.717, 1.165) is 19.6 Å². The standard InChI is InChI=1S/C18H19N7O3S/c1-28-13-3-2-10(4-14(13)29(19,26)27)15-16-17(22-9-21-16)24-18(23-15)25-7-11-5-20-6-12(11)8-25/h2-5,9,12,20H,6-8H2,1H3,(H2,19,26,27)(H,21,22,23,24). The number of methoxy groups -OCH3 is 1. The van der Waals surface area contributed by atoms with Gasteiger partial charge in [-0.25, -0.2) is 23.5 Å². The maximum Gasteiger partial charge on any atom is 0.241 e. The minimum absolute atomic E-state index is 0.0998. The summed E-state index contributed by atoms with van der Waals surface area (Å²) in [6, 6.07) is 4.77. The summed E-state index contributed by atoms with van der Waals surface area (Å²) in [6.07, 6.45) is 3.60. The number of sulfonamides is 1. The molecule has 1 atom stereocenters. The van der Waals surface area contributed by atoms with Crippen molar-refractivity contribution in [2.75, 3.05) is 31.6 Å². The van der Waals surface area contributed by atoms with Crippen molar-refractivity contribution in [3.63, 3.8) is 0 Å². The minimum atomic E-state index is -3.97. The molecule has 4 heterocycles. The number of hydrogen-bond acceptors (Lipinski definition) is 8. The highest BCUT2D eigenvalue weighted by atomic mass is 32.2. The highest BCUT2D eigenvalue weighted by molar-refractivity contribution is 7.89.